The molecule has 0 aliphatic carbocycles. The Bertz CT molecular complexity index is 814. The molecule has 1 heterocycles. The number of hydrogen-bond donors (Lipinski definition) is 1. The molecule has 2 aromatic carbocycles. The van der Waals surface area contributed by atoms with E-state index in [-0.39, 0.29) is 5.82 Å². The molecule has 106 valence electrons. The van der Waals surface area contributed by atoms with Crippen LogP contribution in [-0.2, 0) is 0 Å². The molecule has 0 atom stereocenters. The Balaban J connectivity index is 2.10. The molecule has 0 aliphatic heterocycles. The minimum atomic E-state index is -0.329. The normalized spacial score (nSPS) is 10.8. The van der Waals surface area contributed by atoms with E-state index >= 15 is 0 Å². The van der Waals surface area contributed by atoms with Crippen molar-refractivity contribution in [3.63, 3.8) is 0 Å². The monoisotopic (exact) mass is 321 g/mol. The third kappa shape index (κ3) is 2.73. The van der Waals surface area contributed by atoms with Gasteiger partial charge in [-0.25, -0.2) is 9.07 Å². The lowest BCUT2D eigenvalue weighted by Crippen LogP contribution is -2.02. The molecule has 3 nitrogen and oxygen atoms in total. The first-order valence-corrected chi connectivity index (χ1v) is 6.87. The van der Waals surface area contributed by atoms with E-state index in [1.807, 2.05) is 0 Å². The SMILES string of the molecule is Nc1cc(-c2cccc(F)c2)nn1-c1ccc(Cl)cc1Cl. The Morgan fingerprint density at radius 3 is 2.57 bits per heavy atom. The molecular formula is C15H10Cl2FN3. The number of aromatic nitrogens is 2. The van der Waals surface area contributed by atoms with Crippen molar-refractivity contribution >= 4 is 29.0 Å². The molecule has 0 aliphatic rings. The zero-order chi connectivity index (χ0) is 15.0. The van der Waals surface area contributed by atoms with Gasteiger partial charge in [-0.1, -0.05) is 35.3 Å². The van der Waals surface area contributed by atoms with Gasteiger partial charge in [0.25, 0.3) is 0 Å². The first-order chi connectivity index (χ1) is 10.0. The Morgan fingerprint density at radius 1 is 1.05 bits per heavy atom. The predicted octanol–water partition coefficient (Wildman–Crippen LogP) is 4.57. The van der Waals surface area contributed by atoms with E-state index in [1.165, 1.54) is 16.8 Å². The van der Waals surface area contributed by atoms with Crippen LogP contribution in [0.3, 0.4) is 0 Å². The minimum Gasteiger partial charge on any atom is -0.384 e. The summed E-state index contributed by atoms with van der Waals surface area (Å²) in [5.74, 6) is 0.0728. The number of nitrogen functional groups attached to an aromatic ring is 1. The molecule has 0 fully saturated rings. The fourth-order valence-electron chi connectivity index (χ4n) is 2.03. The number of nitrogens with zero attached hydrogens (tertiary/aromatic N) is 2. The van der Waals surface area contributed by atoms with Crippen LogP contribution < -0.4 is 5.73 Å². The molecule has 3 rings (SSSR count). The predicted molar refractivity (Wildman–Crippen MR) is 83.4 cm³/mol. The first-order valence-electron chi connectivity index (χ1n) is 6.11. The topological polar surface area (TPSA) is 43.8 Å². The van der Waals surface area contributed by atoms with Gasteiger partial charge in [0.15, 0.2) is 0 Å². The molecule has 0 radical (unpaired) electrons. The van der Waals surface area contributed by atoms with Crippen molar-refractivity contribution in [2.75, 3.05) is 5.73 Å². The van der Waals surface area contributed by atoms with Crippen molar-refractivity contribution in [3.05, 3.63) is 64.4 Å². The third-order valence-corrected chi connectivity index (χ3v) is 3.53. The molecule has 3 aromatic rings. The molecule has 0 amide bonds. The van der Waals surface area contributed by atoms with Gasteiger partial charge in [0.1, 0.15) is 11.6 Å². The summed E-state index contributed by atoms with van der Waals surface area (Å²) in [6, 6.07) is 12.9. The van der Waals surface area contributed by atoms with E-state index in [1.54, 1.807) is 36.4 Å². The minimum absolute atomic E-state index is 0.329. The molecule has 0 unspecified atom stereocenters. The summed E-state index contributed by atoms with van der Waals surface area (Å²) in [5, 5.41) is 5.34. The second-order valence-electron chi connectivity index (χ2n) is 4.47. The van der Waals surface area contributed by atoms with Gasteiger partial charge in [-0.3, -0.25) is 0 Å². The Hall–Kier alpha value is -2.04. The summed E-state index contributed by atoms with van der Waals surface area (Å²) in [6.45, 7) is 0. The molecule has 2 N–H and O–H groups in total. The second kappa shape index (κ2) is 5.39. The summed E-state index contributed by atoms with van der Waals surface area (Å²) in [6.07, 6.45) is 0. The van der Waals surface area contributed by atoms with Gasteiger partial charge in [-0.15, -0.1) is 0 Å². The number of rotatable bonds is 2. The molecule has 6 heteroatoms. The molecule has 21 heavy (non-hydrogen) atoms. The van der Waals surface area contributed by atoms with E-state index in [9.17, 15) is 4.39 Å². The number of anilines is 1. The Kier molecular flexibility index (Phi) is 3.57. The van der Waals surface area contributed by atoms with Crippen LogP contribution in [0.2, 0.25) is 10.0 Å². The number of nitrogens with two attached hydrogens (primary N) is 1. The van der Waals surface area contributed by atoms with Crippen molar-refractivity contribution in [3.8, 4) is 16.9 Å². The largest absolute Gasteiger partial charge is 0.384 e. The van der Waals surface area contributed by atoms with Crippen LogP contribution in [0.4, 0.5) is 10.2 Å². The maximum atomic E-state index is 13.3. The highest BCUT2D eigenvalue weighted by molar-refractivity contribution is 6.35. The van der Waals surface area contributed by atoms with Gasteiger partial charge in [-0.2, -0.15) is 5.10 Å². The van der Waals surface area contributed by atoms with Crippen LogP contribution in [0, 0.1) is 5.82 Å². The number of benzene rings is 2. The summed E-state index contributed by atoms with van der Waals surface area (Å²) in [4.78, 5) is 0. The number of halogens is 3. The zero-order valence-electron chi connectivity index (χ0n) is 10.7. The quantitative estimate of drug-likeness (QED) is 0.751. The highest BCUT2D eigenvalue weighted by Crippen LogP contribution is 2.28. The van der Waals surface area contributed by atoms with Gasteiger partial charge in [-0.05, 0) is 30.3 Å². The van der Waals surface area contributed by atoms with Crippen molar-refractivity contribution in [1.82, 2.24) is 9.78 Å². The Morgan fingerprint density at radius 2 is 1.86 bits per heavy atom. The Labute approximate surface area is 130 Å². The van der Waals surface area contributed by atoms with Crippen LogP contribution in [0.1, 0.15) is 0 Å². The lowest BCUT2D eigenvalue weighted by Gasteiger charge is -2.06. The highest BCUT2D eigenvalue weighted by atomic mass is 35.5. The van der Waals surface area contributed by atoms with Gasteiger partial charge in [0.2, 0.25) is 0 Å². The average Bonchev–Trinajstić information content (AvgIpc) is 2.81. The molecule has 0 saturated carbocycles. The molecule has 1 aromatic heterocycles. The van der Waals surface area contributed by atoms with Gasteiger partial charge in [0, 0.05) is 16.7 Å². The van der Waals surface area contributed by atoms with Crippen molar-refractivity contribution in [1.29, 1.82) is 0 Å². The second-order valence-corrected chi connectivity index (χ2v) is 5.32. The molecular weight excluding hydrogens is 312 g/mol. The van der Waals surface area contributed by atoms with Crippen LogP contribution >= 0.6 is 23.2 Å². The van der Waals surface area contributed by atoms with E-state index < -0.39 is 0 Å². The van der Waals surface area contributed by atoms with E-state index in [4.69, 9.17) is 28.9 Å². The van der Waals surface area contributed by atoms with E-state index in [0.29, 0.717) is 32.8 Å². The molecule has 0 spiro atoms. The molecule has 0 saturated heterocycles. The maximum absolute atomic E-state index is 13.3. The summed E-state index contributed by atoms with van der Waals surface area (Å²) in [7, 11) is 0. The van der Waals surface area contributed by atoms with Crippen LogP contribution in [-0.4, -0.2) is 9.78 Å². The van der Waals surface area contributed by atoms with Gasteiger partial charge in [0.05, 0.1) is 16.4 Å². The highest BCUT2D eigenvalue weighted by Gasteiger charge is 2.12. The van der Waals surface area contributed by atoms with Crippen LogP contribution in [0.5, 0.6) is 0 Å². The van der Waals surface area contributed by atoms with Crippen molar-refractivity contribution in [2.45, 2.75) is 0 Å². The zero-order valence-corrected chi connectivity index (χ0v) is 12.2. The molecule has 0 bridgehead atoms. The lowest BCUT2D eigenvalue weighted by molar-refractivity contribution is 0.628. The standard InChI is InChI=1S/C15H10Cl2FN3/c16-10-4-5-14(12(17)7-10)21-15(19)8-13(20-21)9-2-1-3-11(18)6-9/h1-8H,19H2. The first kappa shape index (κ1) is 13.9. The fraction of sp³-hybridized carbons (Fsp3) is 0. The van der Waals surface area contributed by atoms with Crippen LogP contribution in [0.25, 0.3) is 16.9 Å². The van der Waals surface area contributed by atoms with Crippen molar-refractivity contribution in [2.24, 2.45) is 0 Å². The summed E-state index contributed by atoms with van der Waals surface area (Å²) < 4.78 is 14.8. The number of hydrogen-bond acceptors (Lipinski definition) is 2. The van der Waals surface area contributed by atoms with Gasteiger partial charge < -0.3 is 5.73 Å². The van der Waals surface area contributed by atoms with E-state index in [0.717, 1.165) is 0 Å². The van der Waals surface area contributed by atoms with Crippen molar-refractivity contribution < 1.29 is 4.39 Å². The van der Waals surface area contributed by atoms with Crippen LogP contribution in [0.15, 0.2) is 48.5 Å². The summed E-state index contributed by atoms with van der Waals surface area (Å²) in [5.41, 5.74) is 7.79. The summed E-state index contributed by atoms with van der Waals surface area (Å²) >= 11 is 12.0. The average molecular weight is 322 g/mol. The maximum Gasteiger partial charge on any atom is 0.127 e. The smallest absolute Gasteiger partial charge is 0.127 e. The lowest BCUT2D eigenvalue weighted by atomic mass is 10.1. The van der Waals surface area contributed by atoms with Gasteiger partial charge >= 0.3 is 0 Å². The third-order valence-electron chi connectivity index (χ3n) is 3.00. The van der Waals surface area contributed by atoms with E-state index in [2.05, 4.69) is 5.10 Å². The fourth-order valence-corrected chi connectivity index (χ4v) is 2.52.